The maximum atomic E-state index is 10.5. The molecule has 0 saturated heterocycles. The van der Waals surface area contributed by atoms with Gasteiger partial charge in [0.2, 0.25) is 5.91 Å². The summed E-state index contributed by atoms with van der Waals surface area (Å²) >= 11 is 5.09. The fourth-order valence-corrected chi connectivity index (χ4v) is 1.66. The van der Waals surface area contributed by atoms with Crippen molar-refractivity contribution >= 4 is 18.1 Å². The standard InChI is InChI=1S/C9H16N4OS/c1-2-8-11-12-9(15)13(8)6-4-3-5-7(10)14/h2-6H2,1H3,(H2,10,14)(H,12,15). The number of nitrogens with one attached hydrogen (secondary N) is 1. The van der Waals surface area contributed by atoms with Gasteiger partial charge in [-0.15, -0.1) is 0 Å². The molecule has 0 radical (unpaired) electrons. The Hall–Kier alpha value is -1.17. The largest absolute Gasteiger partial charge is 0.370 e. The van der Waals surface area contributed by atoms with Crippen LogP contribution >= 0.6 is 12.2 Å². The summed E-state index contributed by atoms with van der Waals surface area (Å²) in [6.07, 6.45) is 2.98. The lowest BCUT2D eigenvalue weighted by Crippen LogP contribution is -2.10. The van der Waals surface area contributed by atoms with E-state index in [1.54, 1.807) is 0 Å². The van der Waals surface area contributed by atoms with Gasteiger partial charge in [-0.1, -0.05) is 6.92 Å². The molecule has 1 aromatic heterocycles. The molecule has 15 heavy (non-hydrogen) atoms. The van der Waals surface area contributed by atoms with E-state index < -0.39 is 0 Å². The molecule has 1 amide bonds. The number of carbonyl (C=O) groups excluding carboxylic acids is 1. The normalized spacial score (nSPS) is 10.5. The number of carbonyl (C=O) groups is 1. The zero-order valence-corrected chi connectivity index (χ0v) is 9.64. The van der Waals surface area contributed by atoms with Gasteiger partial charge in [0, 0.05) is 19.4 Å². The number of hydrogen-bond acceptors (Lipinski definition) is 3. The molecule has 0 spiro atoms. The molecule has 0 aliphatic carbocycles. The molecule has 0 bridgehead atoms. The monoisotopic (exact) mass is 228 g/mol. The van der Waals surface area contributed by atoms with Crippen molar-refractivity contribution in [3.05, 3.63) is 10.6 Å². The Morgan fingerprint density at radius 3 is 2.93 bits per heavy atom. The zero-order valence-electron chi connectivity index (χ0n) is 8.82. The fraction of sp³-hybridized carbons (Fsp3) is 0.667. The minimum absolute atomic E-state index is 0.249. The highest BCUT2D eigenvalue weighted by Gasteiger charge is 2.03. The van der Waals surface area contributed by atoms with E-state index in [0.717, 1.165) is 31.6 Å². The Morgan fingerprint density at radius 2 is 2.33 bits per heavy atom. The van der Waals surface area contributed by atoms with Gasteiger partial charge in [0.25, 0.3) is 0 Å². The molecular weight excluding hydrogens is 212 g/mol. The molecule has 0 aromatic carbocycles. The number of amides is 1. The number of rotatable bonds is 6. The Kier molecular flexibility index (Phi) is 4.48. The summed E-state index contributed by atoms with van der Waals surface area (Å²) in [5.74, 6) is 0.709. The van der Waals surface area contributed by atoms with Crippen LogP contribution in [-0.2, 0) is 17.8 Å². The molecule has 0 unspecified atom stereocenters. The summed E-state index contributed by atoms with van der Waals surface area (Å²) in [6, 6.07) is 0. The second-order valence-corrected chi connectivity index (χ2v) is 3.76. The molecule has 0 fully saturated rings. The number of nitrogens with two attached hydrogens (primary N) is 1. The SMILES string of the molecule is CCc1n[nH]c(=S)n1CCCCC(N)=O. The number of H-pyrrole nitrogens is 1. The summed E-state index contributed by atoms with van der Waals surface area (Å²) in [7, 11) is 0. The number of aromatic nitrogens is 3. The van der Waals surface area contributed by atoms with Crippen LogP contribution in [0.1, 0.15) is 32.0 Å². The van der Waals surface area contributed by atoms with Gasteiger partial charge in [0.05, 0.1) is 0 Å². The summed E-state index contributed by atoms with van der Waals surface area (Å²) in [6.45, 7) is 2.83. The van der Waals surface area contributed by atoms with Crippen molar-refractivity contribution in [1.29, 1.82) is 0 Å². The fourth-order valence-electron chi connectivity index (χ4n) is 1.42. The second kappa shape index (κ2) is 5.65. The van der Waals surface area contributed by atoms with Crippen molar-refractivity contribution < 1.29 is 4.79 Å². The molecule has 0 saturated carbocycles. The van der Waals surface area contributed by atoms with Crippen LogP contribution in [-0.4, -0.2) is 20.7 Å². The minimum atomic E-state index is -0.249. The molecule has 5 nitrogen and oxygen atoms in total. The Labute approximate surface area is 93.7 Å². The van der Waals surface area contributed by atoms with Crippen molar-refractivity contribution in [2.45, 2.75) is 39.2 Å². The first-order chi connectivity index (χ1) is 7.15. The minimum Gasteiger partial charge on any atom is -0.370 e. The molecule has 1 rings (SSSR count). The Bertz CT molecular complexity index is 382. The number of unbranched alkanes of at least 4 members (excludes halogenated alkanes) is 1. The van der Waals surface area contributed by atoms with Gasteiger partial charge >= 0.3 is 0 Å². The number of aromatic amines is 1. The first kappa shape index (κ1) is 11.9. The smallest absolute Gasteiger partial charge is 0.217 e. The van der Waals surface area contributed by atoms with E-state index >= 15 is 0 Å². The molecule has 6 heteroatoms. The van der Waals surface area contributed by atoms with Crippen molar-refractivity contribution in [1.82, 2.24) is 14.8 Å². The van der Waals surface area contributed by atoms with E-state index in [1.807, 2.05) is 11.5 Å². The Balaban J connectivity index is 2.46. The average molecular weight is 228 g/mol. The number of primary amides is 1. The topological polar surface area (TPSA) is 76.7 Å². The van der Waals surface area contributed by atoms with Crippen molar-refractivity contribution in [2.24, 2.45) is 5.73 Å². The van der Waals surface area contributed by atoms with E-state index in [2.05, 4.69) is 10.2 Å². The summed E-state index contributed by atoms with van der Waals surface area (Å²) < 4.78 is 2.61. The predicted molar refractivity (Wildman–Crippen MR) is 59.8 cm³/mol. The van der Waals surface area contributed by atoms with Gasteiger partial charge < -0.3 is 10.3 Å². The summed E-state index contributed by atoms with van der Waals surface area (Å²) in [4.78, 5) is 10.5. The van der Waals surface area contributed by atoms with E-state index in [1.165, 1.54) is 0 Å². The lowest BCUT2D eigenvalue weighted by Gasteiger charge is -2.04. The van der Waals surface area contributed by atoms with Gasteiger partial charge in [-0.25, -0.2) is 0 Å². The quantitative estimate of drug-likeness (QED) is 0.566. The van der Waals surface area contributed by atoms with Gasteiger partial charge in [0.1, 0.15) is 5.82 Å². The van der Waals surface area contributed by atoms with Crippen LogP contribution in [0.15, 0.2) is 0 Å². The lowest BCUT2D eigenvalue weighted by atomic mass is 10.2. The third-order valence-electron chi connectivity index (χ3n) is 2.21. The van der Waals surface area contributed by atoms with E-state index in [-0.39, 0.29) is 5.91 Å². The van der Waals surface area contributed by atoms with Crippen LogP contribution < -0.4 is 5.73 Å². The number of aryl methyl sites for hydroxylation is 1. The van der Waals surface area contributed by atoms with Crippen molar-refractivity contribution in [3.8, 4) is 0 Å². The molecule has 1 aromatic rings. The second-order valence-electron chi connectivity index (χ2n) is 3.37. The van der Waals surface area contributed by atoms with Crippen LogP contribution in [0.3, 0.4) is 0 Å². The average Bonchev–Trinajstić information content (AvgIpc) is 2.54. The van der Waals surface area contributed by atoms with Crippen molar-refractivity contribution in [3.63, 3.8) is 0 Å². The molecule has 0 atom stereocenters. The summed E-state index contributed by atoms with van der Waals surface area (Å²) in [5, 5.41) is 6.86. The molecule has 0 aliphatic rings. The number of nitrogens with zero attached hydrogens (tertiary/aromatic N) is 2. The van der Waals surface area contributed by atoms with E-state index in [4.69, 9.17) is 18.0 Å². The van der Waals surface area contributed by atoms with Crippen molar-refractivity contribution in [2.75, 3.05) is 0 Å². The zero-order chi connectivity index (χ0) is 11.3. The Morgan fingerprint density at radius 1 is 1.60 bits per heavy atom. The molecule has 3 N–H and O–H groups in total. The number of hydrogen-bond donors (Lipinski definition) is 2. The molecule has 84 valence electrons. The summed E-state index contributed by atoms with van der Waals surface area (Å²) in [5.41, 5.74) is 5.05. The third-order valence-corrected chi connectivity index (χ3v) is 2.52. The maximum Gasteiger partial charge on any atom is 0.217 e. The highest BCUT2D eigenvalue weighted by atomic mass is 32.1. The van der Waals surface area contributed by atoms with Gasteiger partial charge in [-0.05, 0) is 25.1 Å². The van der Waals surface area contributed by atoms with Crippen LogP contribution in [0.4, 0.5) is 0 Å². The predicted octanol–water partition coefficient (Wildman–Crippen LogP) is 1.16. The molecule has 1 heterocycles. The van der Waals surface area contributed by atoms with Crippen LogP contribution in [0.5, 0.6) is 0 Å². The lowest BCUT2D eigenvalue weighted by molar-refractivity contribution is -0.118. The van der Waals surface area contributed by atoms with E-state index in [9.17, 15) is 4.79 Å². The van der Waals surface area contributed by atoms with Gasteiger partial charge in [0.15, 0.2) is 4.77 Å². The van der Waals surface area contributed by atoms with E-state index in [0.29, 0.717) is 11.2 Å². The van der Waals surface area contributed by atoms with Crippen LogP contribution in [0, 0.1) is 4.77 Å². The van der Waals surface area contributed by atoms with Gasteiger partial charge in [-0.2, -0.15) is 5.10 Å². The first-order valence-corrected chi connectivity index (χ1v) is 5.48. The first-order valence-electron chi connectivity index (χ1n) is 5.07. The highest BCUT2D eigenvalue weighted by molar-refractivity contribution is 7.71. The third kappa shape index (κ3) is 3.47. The highest BCUT2D eigenvalue weighted by Crippen LogP contribution is 2.03. The maximum absolute atomic E-state index is 10.5. The molecular formula is C9H16N4OS. The van der Waals surface area contributed by atoms with Crippen LogP contribution in [0.2, 0.25) is 0 Å². The van der Waals surface area contributed by atoms with Gasteiger partial charge in [-0.3, -0.25) is 9.89 Å². The van der Waals surface area contributed by atoms with Crippen LogP contribution in [0.25, 0.3) is 0 Å². The molecule has 0 aliphatic heterocycles.